The lowest BCUT2D eigenvalue weighted by molar-refractivity contribution is 0.164. The van der Waals surface area contributed by atoms with Gasteiger partial charge in [0, 0.05) is 0 Å². The first kappa shape index (κ1) is 8.44. The molecule has 2 aliphatic rings. The van der Waals surface area contributed by atoms with Gasteiger partial charge in [0.1, 0.15) is 31.0 Å². The van der Waals surface area contributed by atoms with E-state index in [9.17, 15) is 0 Å². The SMILES string of the molecule is COn1cnc(C#N)c2nc(C)nc1-2. The second-order valence-electron chi connectivity index (χ2n) is 2.66. The Kier molecular flexibility index (Phi) is 1.78. The third kappa shape index (κ3) is 1.07. The second kappa shape index (κ2) is 2.96. The van der Waals surface area contributed by atoms with Crippen LogP contribution in [0.2, 0.25) is 0 Å². The molecule has 2 heterocycles. The monoisotopic (exact) mass is 189 g/mol. The van der Waals surface area contributed by atoms with Gasteiger partial charge in [-0.2, -0.15) is 9.99 Å². The molecule has 0 saturated carbocycles. The van der Waals surface area contributed by atoms with Crippen molar-refractivity contribution >= 4 is 0 Å². The molecule has 14 heavy (non-hydrogen) atoms. The lowest BCUT2D eigenvalue weighted by Crippen LogP contribution is -2.12. The number of nitriles is 1. The van der Waals surface area contributed by atoms with Crippen molar-refractivity contribution in [1.82, 2.24) is 19.7 Å². The Labute approximate surface area is 80.1 Å². The largest absolute Gasteiger partial charge is 0.414 e. The van der Waals surface area contributed by atoms with Crippen LogP contribution < -0.4 is 4.84 Å². The maximum absolute atomic E-state index is 8.78. The van der Waals surface area contributed by atoms with Gasteiger partial charge < -0.3 is 4.84 Å². The molecule has 0 N–H and O–H groups in total. The molecule has 0 saturated heterocycles. The molecule has 2 rings (SSSR count). The summed E-state index contributed by atoms with van der Waals surface area (Å²) in [5, 5.41) is 8.78. The van der Waals surface area contributed by atoms with Crippen LogP contribution in [-0.4, -0.2) is 26.8 Å². The molecule has 6 nitrogen and oxygen atoms in total. The highest BCUT2D eigenvalue weighted by Crippen LogP contribution is 2.19. The van der Waals surface area contributed by atoms with Crippen molar-refractivity contribution < 1.29 is 4.84 Å². The highest BCUT2D eigenvalue weighted by atomic mass is 16.6. The average Bonchev–Trinajstić information content (AvgIpc) is 2.57. The minimum atomic E-state index is 0.258. The fourth-order valence-electron chi connectivity index (χ4n) is 1.20. The molecular formula is C8H7N5O. The number of hydrogen-bond donors (Lipinski definition) is 0. The van der Waals surface area contributed by atoms with Crippen LogP contribution in [0.1, 0.15) is 11.5 Å². The normalized spacial score (nSPS) is 10.1. The van der Waals surface area contributed by atoms with Gasteiger partial charge in [0.05, 0.1) is 0 Å². The summed E-state index contributed by atoms with van der Waals surface area (Å²) < 4.78 is 1.37. The van der Waals surface area contributed by atoms with E-state index in [4.69, 9.17) is 10.1 Å². The van der Waals surface area contributed by atoms with Gasteiger partial charge in [-0.05, 0) is 6.92 Å². The first-order chi connectivity index (χ1) is 6.76. The highest BCUT2D eigenvalue weighted by molar-refractivity contribution is 5.58. The molecule has 0 atom stereocenters. The first-order valence-corrected chi connectivity index (χ1v) is 3.92. The molecule has 0 spiro atoms. The number of hydrogen-bond acceptors (Lipinski definition) is 5. The molecule has 2 aliphatic heterocycles. The summed E-state index contributed by atoms with van der Waals surface area (Å²) in [5.74, 6) is 1.10. The minimum absolute atomic E-state index is 0.258. The lowest BCUT2D eigenvalue weighted by Gasteiger charge is -2.07. The standard InChI is InChI=1S/C8H7N5O/c1-5-11-7-6(3-9)10-4-13(14-2)8(7)12-5/h4H,1-2H3. The van der Waals surface area contributed by atoms with Gasteiger partial charge in [0.2, 0.25) is 5.82 Å². The fourth-order valence-corrected chi connectivity index (χ4v) is 1.20. The predicted octanol–water partition coefficient (Wildman–Crippen LogP) is 0.0164. The highest BCUT2D eigenvalue weighted by Gasteiger charge is 2.18. The molecule has 0 amide bonds. The van der Waals surface area contributed by atoms with Gasteiger partial charge >= 0.3 is 0 Å². The average molecular weight is 189 g/mol. The Morgan fingerprint density at radius 1 is 1.50 bits per heavy atom. The van der Waals surface area contributed by atoms with Crippen molar-refractivity contribution in [2.45, 2.75) is 6.92 Å². The number of fused-ring (bicyclic) bond motifs is 1. The van der Waals surface area contributed by atoms with Crippen molar-refractivity contribution in [3.05, 3.63) is 17.8 Å². The number of rotatable bonds is 1. The predicted molar refractivity (Wildman–Crippen MR) is 46.4 cm³/mol. The summed E-state index contributed by atoms with van der Waals surface area (Å²) in [7, 11) is 1.50. The summed E-state index contributed by atoms with van der Waals surface area (Å²) in [6.07, 6.45) is 1.40. The number of imidazole rings is 1. The van der Waals surface area contributed by atoms with Gasteiger partial charge in [-0.25, -0.2) is 15.0 Å². The maximum Gasteiger partial charge on any atom is 0.200 e. The van der Waals surface area contributed by atoms with E-state index in [0.717, 1.165) is 0 Å². The maximum atomic E-state index is 8.78. The van der Waals surface area contributed by atoms with Crippen LogP contribution in [0.4, 0.5) is 0 Å². The minimum Gasteiger partial charge on any atom is -0.414 e. The fraction of sp³-hybridized carbons (Fsp3) is 0.250. The third-order valence-electron chi connectivity index (χ3n) is 1.78. The molecular weight excluding hydrogens is 182 g/mol. The van der Waals surface area contributed by atoms with Crippen molar-refractivity contribution in [1.29, 1.82) is 5.26 Å². The molecule has 6 heteroatoms. The molecule has 0 fully saturated rings. The number of aromatic nitrogens is 4. The van der Waals surface area contributed by atoms with E-state index >= 15 is 0 Å². The second-order valence-corrected chi connectivity index (χ2v) is 2.66. The molecule has 0 aromatic rings. The molecule has 0 bridgehead atoms. The van der Waals surface area contributed by atoms with Crippen LogP contribution in [0.3, 0.4) is 0 Å². The quantitative estimate of drug-likeness (QED) is 0.631. The van der Waals surface area contributed by atoms with E-state index in [1.54, 1.807) is 6.92 Å². The zero-order chi connectivity index (χ0) is 10.1. The Morgan fingerprint density at radius 3 is 2.93 bits per heavy atom. The van der Waals surface area contributed by atoms with Gasteiger partial charge in [-0.1, -0.05) is 0 Å². The Bertz CT molecular complexity index is 483. The van der Waals surface area contributed by atoms with Crippen LogP contribution >= 0.6 is 0 Å². The van der Waals surface area contributed by atoms with Gasteiger partial charge in [-0.3, -0.25) is 0 Å². The summed E-state index contributed by atoms with van der Waals surface area (Å²) in [4.78, 5) is 17.1. The van der Waals surface area contributed by atoms with Gasteiger partial charge in [-0.15, -0.1) is 0 Å². The summed E-state index contributed by atoms with van der Waals surface area (Å²) in [6.45, 7) is 1.75. The summed E-state index contributed by atoms with van der Waals surface area (Å²) >= 11 is 0. The van der Waals surface area contributed by atoms with E-state index in [1.807, 2.05) is 6.07 Å². The van der Waals surface area contributed by atoms with E-state index < -0.39 is 0 Å². The Balaban J connectivity index is 2.76. The topological polar surface area (TPSA) is 76.6 Å². The van der Waals surface area contributed by atoms with Crippen molar-refractivity contribution in [2.75, 3.05) is 7.11 Å². The molecule has 70 valence electrons. The van der Waals surface area contributed by atoms with Crippen molar-refractivity contribution in [3.8, 4) is 17.6 Å². The molecule has 0 radical (unpaired) electrons. The smallest absolute Gasteiger partial charge is 0.200 e. The van der Waals surface area contributed by atoms with Crippen molar-refractivity contribution in [2.24, 2.45) is 0 Å². The molecule has 0 aromatic carbocycles. The zero-order valence-corrected chi connectivity index (χ0v) is 7.72. The van der Waals surface area contributed by atoms with Crippen LogP contribution in [0.5, 0.6) is 0 Å². The van der Waals surface area contributed by atoms with Crippen LogP contribution in [-0.2, 0) is 0 Å². The van der Waals surface area contributed by atoms with Crippen LogP contribution in [0, 0.1) is 18.3 Å². The van der Waals surface area contributed by atoms with Crippen molar-refractivity contribution in [3.63, 3.8) is 0 Å². The number of aryl methyl sites for hydroxylation is 1. The van der Waals surface area contributed by atoms with Crippen LogP contribution in [0.15, 0.2) is 6.33 Å². The summed E-state index contributed by atoms with van der Waals surface area (Å²) in [6, 6.07) is 1.95. The summed E-state index contributed by atoms with van der Waals surface area (Å²) in [5.41, 5.74) is 0.725. The molecule has 0 unspecified atom stereocenters. The molecule has 0 aliphatic carbocycles. The number of nitrogens with zero attached hydrogens (tertiary/aromatic N) is 5. The Morgan fingerprint density at radius 2 is 2.29 bits per heavy atom. The zero-order valence-electron chi connectivity index (χ0n) is 7.72. The van der Waals surface area contributed by atoms with E-state index in [1.165, 1.54) is 18.2 Å². The lowest BCUT2D eigenvalue weighted by atomic mass is 10.3. The first-order valence-electron chi connectivity index (χ1n) is 3.92. The van der Waals surface area contributed by atoms with Crippen LogP contribution in [0.25, 0.3) is 11.5 Å². The van der Waals surface area contributed by atoms with Gasteiger partial charge in [0.15, 0.2) is 5.69 Å². The molecule has 0 aromatic heterocycles. The van der Waals surface area contributed by atoms with E-state index in [2.05, 4.69) is 15.0 Å². The van der Waals surface area contributed by atoms with E-state index in [0.29, 0.717) is 17.3 Å². The van der Waals surface area contributed by atoms with Gasteiger partial charge in [0.25, 0.3) is 0 Å². The third-order valence-corrected chi connectivity index (χ3v) is 1.78. The Hall–Kier alpha value is -2.16. The van der Waals surface area contributed by atoms with E-state index in [-0.39, 0.29) is 5.69 Å².